The highest BCUT2D eigenvalue weighted by atomic mass is 16.2. The lowest BCUT2D eigenvalue weighted by molar-refractivity contribution is -0.130. The molecule has 2 aliphatic heterocycles. The summed E-state index contributed by atoms with van der Waals surface area (Å²) < 4.78 is 0. The van der Waals surface area contributed by atoms with Crippen molar-refractivity contribution in [1.29, 1.82) is 0 Å². The second-order valence-electron chi connectivity index (χ2n) is 5.69. The van der Waals surface area contributed by atoms with Crippen LogP contribution in [0.15, 0.2) is 30.3 Å². The first kappa shape index (κ1) is 14.5. The minimum absolute atomic E-state index is 0.0629. The van der Waals surface area contributed by atoms with Gasteiger partial charge >= 0.3 is 6.03 Å². The molecule has 1 aromatic carbocycles. The van der Waals surface area contributed by atoms with Gasteiger partial charge in [-0.05, 0) is 5.56 Å². The number of rotatable bonds is 3. The molecule has 0 bridgehead atoms. The number of likely N-dealkylation sites (tertiary alicyclic amines) is 1. The van der Waals surface area contributed by atoms with Crippen LogP contribution in [0.2, 0.25) is 0 Å². The van der Waals surface area contributed by atoms with Crippen LogP contribution in [0.5, 0.6) is 0 Å². The molecule has 4 amide bonds. The van der Waals surface area contributed by atoms with E-state index in [2.05, 4.69) is 5.32 Å². The molecule has 7 heteroatoms. The van der Waals surface area contributed by atoms with Crippen molar-refractivity contribution in [3.05, 3.63) is 35.9 Å². The average Bonchev–Trinajstić information content (AvgIpc) is 3.03. The Bertz CT molecular complexity index is 604. The number of imide groups is 1. The van der Waals surface area contributed by atoms with E-state index in [-0.39, 0.29) is 36.9 Å². The van der Waals surface area contributed by atoms with E-state index < -0.39 is 6.03 Å². The van der Waals surface area contributed by atoms with Crippen molar-refractivity contribution in [2.24, 2.45) is 5.73 Å². The van der Waals surface area contributed by atoms with Crippen LogP contribution in [-0.2, 0) is 9.59 Å². The van der Waals surface area contributed by atoms with Gasteiger partial charge in [-0.3, -0.25) is 14.9 Å². The first-order valence-electron chi connectivity index (χ1n) is 7.21. The minimum atomic E-state index is -0.513. The smallest absolute Gasteiger partial charge is 0.325 e. The molecule has 0 unspecified atom stereocenters. The summed E-state index contributed by atoms with van der Waals surface area (Å²) in [4.78, 5) is 37.8. The zero-order valence-electron chi connectivity index (χ0n) is 12.1. The quantitative estimate of drug-likeness (QED) is 0.735. The number of nitrogens with zero attached hydrogens (tertiary/aromatic N) is 2. The predicted molar refractivity (Wildman–Crippen MR) is 78.9 cm³/mol. The van der Waals surface area contributed by atoms with Gasteiger partial charge in [0.25, 0.3) is 0 Å². The van der Waals surface area contributed by atoms with Gasteiger partial charge in [0.15, 0.2) is 0 Å². The maximum atomic E-state index is 12.3. The molecule has 2 aliphatic rings. The van der Waals surface area contributed by atoms with Crippen molar-refractivity contribution in [3.63, 3.8) is 0 Å². The van der Waals surface area contributed by atoms with Crippen LogP contribution in [0, 0.1) is 0 Å². The summed E-state index contributed by atoms with van der Waals surface area (Å²) in [5.74, 6) is -0.462. The molecule has 0 aromatic heterocycles. The highest BCUT2D eigenvalue weighted by molar-refractivity contribution is 6.03. The number of hydrogen-bond donors (Lipinski definition) is 2. The summed E-state index contributed by atoms with van der Waals surface area (Å²) in [7, 11) is 0. The molecule has 0 saturated carbocycles. The fourth-order valence-electron chi connectivity index (χ4n) is 2.96. The van der Waals surface area contributed by atoms with E-state index in [1.807, 2.05) is 30.3 Å². The molecule has 116 valence electrons. The molecule has 2 atom stereocenters. The second kappa shape index (κ2) is 5.76. The first-order valence-corrected chi connectivity index (χ1v) is 7.21. The SMILES string of the molecule is N[C@@H]1CN(C(=O)CN2CC(=O)NC2=O)C[C@H]1c1ccccc1. The lowest BCUT2D eigenvalue weighted by atomic mass is 9.95. The maximum absolute atomic E-state index is 12.3. The second-order valence-corrected chi connectivity index (χ2v) is 5.69. The Labute approximate surface area is 128 Å². The highest BCUT2D eigenvalue weighted by Gasteiger charge is 2.36. The van der Waals surface area contributed by atoms with Crippen molar-refractivity contribution in [3.8, 4) is 0 Å². The number of benzene rings is 1. The summed E-state index contributed by atoms with van der Waals surface area (Å²) in [5.41, 5.74) is 7.27. The van der Waals surface area contributed by atoms with Gasteiger partial charge in [-0.25, -0.2) is 4.79 Å². The van der Waals surface area contributed by atoms with Crippen molar-refractivity contribution in [2.45, 2.75) is 12.0 Å². The van der Waals surface area contributed by atoms with Crippen LogP contribution in [0.25, 0.3) is 0 Å². The van der Waals surface area contributed by atoms with E-state index >= 15 is 0 Å². The lowest BCUT2D eigenvalue weighted by Gasteiger charge is -2.20. The van der Waals surface area contributed by atoms with E-state index in [1.54, 1.807) is 4.90 Å². The van der Waals surface area contributed by atoms with Crippen LogP contribution in [0.1, 0.15) is 11.5 Å². The number of nitrogens with one attached hydrogen (secondary N) is 1. The van der Waals surface area contributed by atoms with Gasteiger partial charge in [-0.1, -0.05) is 30.3 Å². The zero-order chi connectivity index (χ0) is 15.7. The molecule has 2 saturated heterocycles. The van der Waals surface area contributed by atoms with E-state index in [1.165, 1.54) is 4.90 Å². The van der Waals surface area contributed by atoms with Crippen LogP contribution in [-0.4, -0.2) is 59.9 Å². The Kier molecular flexibility index (Phi) is 3.81. The van der Waals surface area contributed by atoms with Crippen LogP contribution in [0.3, 0.4) is 0 Å². The van der Waals surface area contributed by atoms with Gasteiger partial charge in [0.1, 0.15) is 13.1 Å². The lowest BCUT2D eigenvalue weighted by Crippen LogP contribution is -2.41. The fourth-order valence-corrected chi connectivity index (χ4v) is 2.96. The van der Waals surface area contributed by atoms with E-state index in [9.17, 15) is 14.4 Å². The minimum Gasteiger partial charge on any atom is -0.339 e. The van der Waals surface area contributed by atoms with Gasteiger partial charge in [0, 0.05) is 25.0 Å². The number of carbonyl (C=O) groups is 3. The number of hydrogen-bond acceptors (Lipinski definition) is 4. The Hall–Kier alpha value is -2.41. The van der Waals surface area contributed by atoms with Gasteiger partial charge in [-0.2, -0.15) is 0 Å². The molecule has 2 heterocycles. The maximum Gasteiger partial charge on any atom is 0.325 e. The summed E-state index contributed by atoms with van der Waals surface area (Å²) >= 11 is 0. The molecule has 3 N–H and O–H groups in total. The summed E-state index contributed by atoms with van der Waals surface area (Å²) in [5, 5.41) is 2.16. The average molecular weight is 302 g/mol. The molecule has 22 heavy (non-hydrogen) atoms. The monoisotopic (exact) mass is 302 g/mol. The van der Waals surface area contributed by atoms with Crippen molar-refractivity contribution >= 4 is 17.8 Å². The van der Waals surface area contributed by atoms with E-state index in [0.29, 0.717) is 13.1 Å². The molecular formula is C15H18N4O3. The Morgan fingerprint density at radius 1 is 1.23 bits per heavy atom. The van der Waals surface area contributed by atoms with E-state index in [4.69, 9.17) is 5.73 Å². The topological polar surface area (TPSA) is 95.7 Å². The van der Waals surface area contributed by atoms with Gasteiger partial charge in [0.2, 0.25) is 11.8 Å². The molecule has 2 fully saturated rings. The third-order valence-electron chi connectivity index (χ3n) is 4.14. The molecule has 3 rings (SSSR count). The highest BCUT2D eigenvalue weighted by Crippen LogP contribution is 2.26. The Morgan fingerprint density at radius 3 is 2.59 bits per heavy atom. The molecule has 0 radical (unpaired) electrons. The molecule has 1 aromatic rings. The third kappa shape index (κ3) is 2.80. The molecular weight excluding hydrogens is 284 g/mol. The number of urea groups is 1. The summed E-state index contributed by atoms with van der Waals surface area (Å²) in [6.07, 6.45) is 0. The first-order chi connectivity index (χ1) is 10.5. The largest absolute Gasteiger partial charge is 0.339 e. The van der Waals surface area contributed by atoms with Crippen LogP contribution < -0.4 is 11.1 Å². The van der Waals surface area contributed by atoms with Crippen LogP contribution in [0.4, 0.5) is 4.79 Å². The van der Waals surface area contributed by atoms with Gasteiger partial charge < -0.3 is 15.5 Å². The molecule has 0 aliphatic carbocycles. The Morgan fingerprint density at radius 2 is 1.95 bits per heavy atom. The van der Waals surface area contributed by atoms with Crippen LogP contribution >= 0.6 is 0 Å². The Balaban J connectivity index is 1.63. The van der Waals surface area contributed by atoms with Gasteiger partial charge in [-0.15, -0.1) is 0 Å². The summed E-state index contributed by atoms with van der Waals surface area (Å²) in [6.45, 7) is 0.841. The number of carbonyl (C=O) groups excluding carboxylic acids is 3. The number of nitrogens with two attached hydrogens (primary N) is 1. The van der Waals surface area contributed by atoms with Crippen molar-refractivity contribution in [1.82, 2.24) is 15.1 Å². The normalized spacial score (nSPS) is 24.8. The number of amides is 4. The standard InChI is InChI=1S/C15H18N4O3/c16-12-7-18(6-11(12)10-4-2-1-3-5-10)14(21)9-19-8-13(20)17-15(19)22/h1-5,11-12H,6-9,16H2,(H,17,20,22)/t11-,12+/m0/s1. The van der Waals surface area contributed by atoms with Crippen molar-refractivity contribution < 1.29 is 14.4 Å². The van der Waals surface area contributed by atoms with Gasteiger partial charge in [0.05, 0.1) is 0 Å². The molecule has 0 spiro atoms. The predicted octanol–water partition coefficient (Wildman–Crippen LogP) is -0.508. The molecule has 7 nitrogen and oxygen atoms in total. The summed E-state index contributed by atoms with van der Waals surface area (Å²) in [6, 6.07) is 9.22. The van der Waals surface area contributed by atoms with E-state index in [0.717, 1.165) is 5.56 Å². The zero-order valence-corrected chi connectivity index (χ0v) is 12.1. The fraction of sp³-hybridized carbons (Fsp3) is 0.400. The van der Waals surface area contributed by atoms with Crippen molar-refractivity contribution in [2.75, 3.05) is 26.2 Å². The third-order valence-corrected chi connectivity index (χ3v) is 4.14.